The number of hydrogen-bond acceptors (Lipinski definition) is 3. The zero-order chi connectivity index (χ0) is 9.54. The molecule has 0 fully saturated rings. The largest absolute Gasteiger partial charge is 0.216 e. The summed E-state index contributed by atoms with van der Waals surface area (Å²) in [4.78, 5) is 5.88. The number of nitrogens with zero attached hydrogens (tertiary/aromatic N) is 3. The van der Waals surface area contributed by atoms with Crippen molar-refractivity contribution in [2.75, 3.05) is 0 Å². The van der Waals surface area contributed by atoms with E-state index in [-0.39, 0.29) is 0 Å². The van der Waals surface area contributed by atoms with Crippen molar-refractivity contribution in [2.45, 2.75) is 26.2 Å². The van der Waals surface area contributed by atoms with Crippen LogP contribution in [0.1, 0.15) is 22.9 Å². The first-order valence-corrected chi connectivity index (χ1v) is 5.72. The molecular weight excluding hydrogens is 194 g/mol. The molecule has 14 heavy (non-hydrogen) atoms. The maximum atomic E-state index is 4.45. The van der Waals surface area contributed by atoms with Gasteiger partial charge in [-0.05, 0) is 31.2 Å². The van der Waals surface area contributed by atoms with Gasteiger partial charge in [-0.15, -0.1) is 11.3 Å². The molecule has 3 heterocycles. The first kappa shape index (κ1) is 8.17. The predicted molar refractivity (Wildman–Crippen MR) is 56.0 cm³/mol. The Morgan fingerprint density at radius 1 is 1.43 bits per heavy atom. The van der Waals surface area contributed by atoms with Crippen molar-refractivity contribution in [1.82, 2.24) is 14.8 Å². The monoisotopic (exact) mass is 205 g/mol. The first-order chi connectivity index (χ1) is 6.84. The molecule has 0 N–H and O–H groups in total. The molecule has 1 aliphatic heterocycles. The highest BCUT2D eigenvalue weighted by Gasteiger charge is 2.17. The normalized spacial score (nSPS) is 14.6. The molecule has 1 aliphatic rings. The van der Waals surface area contributed by atoms with E-state index in [1.807, 2.05) is 22.9 Å². The Bertz CT molecular complexity index is 469. The van der Waals surface area contributed by atoms with E-state index in [9.17, 15) is 0 Å². The van der Waals surface area contributed by atoms with Gasteiger partial charge in [-0.2, -0.15) is 5.10 Å². The van der Waals surface area contributed by atoms with Gasteiger partial charge in [-0.25, -0.2) is 9.67 Å². The number of rotatable bonds is 0. The van der Waals surface area contributed by atoms with Gasteiger partial charge in [0.25, 0.3) is 0 Å². The quantitative estimate of drug-likeness (QED) is 0.659. The van der Waals surface area contributed by atoms with Crippen LogP contribution in [0.2, 0.25) is 0 Å². The lowest BCUT2D eigenvalue weighted by atomic mass is 10.2. The Labute approximate surface area is 86.4 Å². The summed E-state index contributed by atoms with van der Waals surface area (Å²) in [6.07, 6.45) is 3.39. The van der Waals surface area contributed by atoms with Crippen molar-refractivity contribution < 1.29 is 0 Å². The highest BCUT2D eigenvalue weighted by atomic mass is 32.1. The molecule has 2 aromatic heterocycles. The van der Waals surface area contributed by atoms with Crippen LogP contribution in [0.25, 0.3) is 5.69 Å². The molecule has 0 spiro atoms. The second-order valence-corrected chi connectivity index (χ2v) is 4.57. The topological polar surface area (TPSA) is 30.7 Å². The van der Waals surface area contributed by atoms with Gasteiger partial charge in [0, 0.05) is 11.3 Å². The average molecular weight is 205 g/mol. The van der Waals surface area contributed by atoms with E-state index < -0.39 is 0 Å². The Morgan fingerprint density at radius 2 is 2.36 bits per heavy atom. The molecule has 0 aliphatic carbocycles. The second kappa shape index (κ2) is 2.92. The van der Waals surface area contributed by atoms with Gasteiger partial charge >= 0.3 is 0 Å². The van der Waals surface area contributed by atoms with Crippen LogP contribution in [0.15, 0.2) is 11.4 Å². The second-order valence-electron chi connectivity index (χ2n) is 3.57. The number of aromatic nitrogens is 3. The van der Waals surface area contributed by atoms with Crippen LogP contribution >= 0.6 is 11.3 Å². The Kier molecular flexibility index (Phi) is 1.70. The lowest BCUT2D eigenvalue weighted by Crippen LogP contribution is -2.00. The predicted octanol–water partition coefficient (Wildman–Crippen LogP) is 2.13. The third-order valence-corrected chi connectivity index (χ3v) is 3.50. The molecule has 4 heteroatoms. The molecule has 0 aromatic carbocycles. The molecule has 72 valence electrons. The fourth-order valence-corrected chi connectivity index (χ4v) is 2.83. The SMILES string of the molecule is Cc1nc2n(n1)-c1ccsc1CCC2. The zero-order valence-electron chi connectivity index (χ0n) is 8.03. The van der Waals surface area contributed by atoms with Crippen molar-refractivity contribution in [3.8, 4) is 5.69 Å². The van der Waals surface area contributed by atoms with Gasteiger partial charge in [0.05, 0.1) is 5.69 Å². The van der Waals surface area contributed by atoms with Crippen molar-refractivity contribution >= 4 is 11.3 Å². The van der Waals surface area contributed by atoms with Crippen molar-refractivity contribution in [3.05, 3.63) is 28.0 Å². The average Bonchev–Trinajstić information content (AvgIpc) is 2.70. The van der Waals surface area contributed by atoms with E-state index in [4.69, 9.17) is 0 Å². The summed E-state index contributed by atoms with van der Waals surface area (Å²) in [6.45, 7) is 1.95. The highest BCUT2D eigenvalue weighted by molar-refractivity contribution is 7.10. The summed E-state index contributed by atoms with van der Waals surface area (Å²) in [7, 11) is 0. The smallest absolute Gasteiger partial charge is 0.148 e. The summed E-state index contributed by atoms with van der Waals surface area (Å²) in [6, 6.07) is 2.14. The van der Waals surface area contributed by atoms with Crippen LogP contribution in [-0.2, 0) is 12.8 Å². The van der Waals surface area contributed by atoms with Crippen molar-refractivity contribution in [1.29, 1.82) is 0 Å². The van der Waals surface area contributed by atoms with E-state index in [1.165, 1.54) is 17.0 Å². The molecule has 0 atom stereocenters. The Morgan fingerprint density at radius 3 is 3.29 bits per heavy atom. The van der Waals surface area contributed by atoms with Gasteiger partial charge < -0.3 is 0 Å². The molecular formula is C10H11N3S. The van der Waals surface area contributed by atoms with E-state index in [2.05, 4.69) is 21.5 Å². The fourth-order valence-electron chi connectivity index (χ4n) is 1.93. The van der Waals surface area contributed by atoms with Crippen LogP contribution in [0.3, 0.4) is 0 Å². The van der Waals surface area contributed by atoms with Crippen LogP contribution in [0.5, 0.6) is 0 Å². The molecule has 0 unspecified atom stereocenters. The third-order valence-electron chi connectivity index (χ3n) is 2.53. The van der Waals surface area contributed by atoms with Gasteiger partial charge in [0.2, 0.25) is 0 Å². The molecule has 2 aromatic rings. The van der Waals surface area contributed by atoms with E-state index in [0.717, 1.165) is 24.5 Å². The summed E-state index contributed by atoms with van der Waals surface area (Å²) >= 11 is 1.82. The first-order valence-electron chi connectivity index (χ1n) is 4.84. The van der Waals surface area contributed by atoms with Crippen LogP contribution < -0.4 is 0 Å². The van der Waals surface area contributed by atoms with Crippen LogP contribution in [0, 0.1) is 6.92 Å². The van der Waals surface area contributed by atoms with E-state index in [1.54, 1.807) is 0 Å². The van der Waals surface area contributed by atoms with Gasteiger partial charge in [-0.1, -0.05) is 0 Å². The van der Waals surface area contributed by atoms with Gasteiger partial charge in [-0.3, -0.25) is 0 Å². The Hall–Kier alpha value is -1.16. The number of hydrogen-bond donors (Lipinski definition) is 0. The maximum Gasteiger partial charge on any atom is 0.148 e. The number of fused-ring (bicyclic) bond motifs is 3. The lowest BCUT2D eigenvalue weighted by Gasteiger charge is -1.99. The summed E-state index contributed by atoms with van der Waals surface area (Å²) in [5.41, 5.74) is 1.24. The highest BCUT2D eigenvalue weighted by Crippen LogP contribution is 2.26. The number of thiophene rings is 1. The summed E-state index contributed by atoms with van der Waals surface area (Å²) < 4.78 is 2.01. The van der Waals surface area contributed by atoms with E-state index in [0.29, 0.717) is 0 Å². The molecule has 3 rings (SSSR count). The molecule has 0 radical (unpaired) electrons. The third kappa shape index (κ3) is 1.10. The molecule has 0 saturated carbocycles. The minimum atomic E-state index is 0.874. The lowest BCUT2D eigenvalue weighted by molar-refractivity contribution is 0.765. The minimum Gasteiger partial charge on any atom is -0.216 e. The molecule has 0 saturated heterocycles. The van der Waals surface area contributed by atoms with Gasteiger partial charge in [0.1, 0.15) is 11.6 Å². The Balaban J connectivity index is 2.26. The molecule has 0 amide bonds. The molecule has 3 nitrogen and oxygen atoms in total. The van der Waals surface area contributed by atoms with Crippen molar-refractivity contribution in [3.63, 3.8) is 0 Å². The zero-order valence-corrected chi connectivity index (χ0v) is 8.84. The van der Waals surface area contributed by atoms with E-state index >= 15 is 0 Å². The molecule has 0 bridgehead atoms. The van der Waals surface area contributed by atoms with Gasteiger partial charge in [0.15, 0.2) is 0 Å². The van der Waals surface area contributed by atoms with Crippen molar-refractivity contribution in [2.24, 2.45) is 0 Å². The van der Waals surface area contributed by atoms with Crippen LogP contribution in [0.4, 0.5) is 0 Å². The standard InChI is InChI=1S/C10H11N3S/c1-7-11-10-4-2-3-9-8(5-6-14-9)13(10)12-7/h5-6H,2-4H2,1H3. The minimum absolute atomic E-state index is 0.874. The van der Waals surface area contributed by atoms with Crippen LogP contribution in [-0.4, -0.2) is 14.8 Å². The summed E-state index contributed by atoms with van der Waals surface area (Å²) in [5.74, 6) is 1.98. The fraction of sp³-hybridized carbons (Fsp3) is 0.400. The number of aryl methyl sites for hydroxylation is 3. The summed E-state index contributed by atoms with van der Waals surface area (Å²) in [5, 5.41) is 6.57. The maximum absolute atomic E-state index is 4.45.